The van der Waals surface area contributed by atoms with E-state index in [2.05, 4.69) is 15.6 Å². The molecule has 86 valence electrons. The molecular formula is C9H8F3N3O. The first-order valence-electron chi connectivity index (χ1n) is 4.61. The van der Waals surface area contributed by atoms with Crippen LogP contribution in [-0.4, -0.2) is 23.5 Å². The molecule has 1 aliphatic heterocycles. The lowest BCUT2D eigenvalue weighted by atomic mass is 10.2. The van der Waals surface area contributed by atoms with Crippen molar-refractivity contribution >= 4 is 11.7 Å². The van der Waals surface area contributed by atoms with Crippen LogP contribution in [0.2, 0.25) is 0 Å². The number of amides is 1. The molecule has 1 atom stereocenters. The van der Waals surface area contributed by atoms with Crippen LogP contribution < -0.4 is 10.6 Å². The predicted molar refractivity (Wildman–Crippen MR) is 49.1 cm³/mol. The fourth-order valence-electron chi connectivity index (χ4n) is 1.45. The topological polar surface area (TPSA) is 54.0 Å². The van der Waals surface area contributed by atoms with Crippen LogP contribution in [0.4, 0.5) is 19.0 Å². The third-order valence-electron chi connectivity index (χ3n) is 2.20. The van der Waals surface area contributed by atoms with E-state index < -0.39 is 17.6 Å². The van der Waals surface area contributed by atoms with E-state index in [1.54, 1.807) is 0 Å². The highest BCUT2D eigenvalue weighted by Crippen LogP contribution is 2.16. The van der Waals surface area contributed by atoms with Crippen LogP contribution in [0.15, 0.2) is 6.07 Å². The number of nitrogens with zero attached hydrogens (tertiary/aromatic N) is 1. The first kappa shape index (κ1) is 10.7. The van der Waals surface area contributed by atoms with Gasteiger partial charge in [0.25, 0.3) is 5.95 Å². The van der Waals surface area contributed by atoms with Crippen molar-refractivity contribution in [3.8, 4) is 0 Å². The molecule has 4 nitrogen and oxygen atoms in total. The lowest BCUT2D eigenvalue weighted by molar-refractivity contribution is -0.119. The minimum absolute atomic E-state index is 0.153. The molecule has 16 heavy (non-hydrogen) atoms. The number of aromatic nitrogens is 1. The predicted octanol–water partition coefficient (Wildman–Crippen LogP) is 0.799. The second-order valence-electron chi connectivity index (χ2n) is 3.44. The molecule has 2 rings (SSSR count). The fraction of sp³-hybridized carbons (Fsp3) is 0.333. The fourth-order valence-corrected chi connectivity index (χ4v) is 1.45. The van der Waals surface area contributed by atoms with Crippen molar-refractivity contribution in [1.29, 1.82) is 0 Å². The second-order valence-corrected chi connectivity index (χ2v) is 3.44. The van der Waals surface area contributed by atoms with Crippen molar-refractivity contribution in [3.63, 3.8) is 0 Å². The van der Waals surface area contributed by atoms with Gasteiger partial charge >= 0.3 is 0 Å². The molecular weight excluding hydrogens is 223 g/mol. The molecule has 2 N–H and O–H groups in total. The van der Waals surface area contributed by atoms with Crippen molar-refractivity contribution < 1.29 is 18.0 Å². The largest absolute Gasteiger partial charge is 0.363 e. The second kappa shape index (κ2) is 3.99. The lowest BCUT2D eigenvalue weighted by Crippen LogP contribution is -2.23. The van der Waals surface area contributed by atoms with Gasteiger partial charge in [-0.1, -0.05) is 0 Å². The summed E-state index contributed by atoms with van der Waals surface area (Å²) in [5, 5.41) is 5.05. The molecule has 7 heteroatoms. The number of halogens is 3. The molecule has 1 aromatic heterocycles. The summed E-state index contributed by atoms with van der Waals surface area (Å²) in [6.07, 6.45) is 0.153. The molecule has 1 aromatic rings. The minimum Gasteiger partial charge on any atom is -0.363 e. The van der Waals surface area contributed by atoms with Gasteiger partial charge in [-0.05, 0) is 0 Å². The Balaban J connectivity index is 2.15. The number of hydrogen-bond acceptors (Lipinski definition) is 3. The molecule has 1 amide bonds. The molecule has 1 fully saturated rings. The van der Waals surface area contributed by atoms with Gasteiger partial charge in [-0.15, -0.1) is 0 Å². The normalized spacial score (nSPS) is 19.7. The van der Waals surface area contributed by atoms with Crippen LogP contribution in [0.3, 0.4) is 0 Å². The van der Waals surface area contributed by atoms with Crippen LogP contribution in [0, 0.1) is 17.6 Å². The SMILES string of the molecule is O=C1CC(Nc2nc(F)c(F)cc2F)CN1. The number of rotatable bonds is 2. The molecule has 1 saturated heterocycles. The molecule has 0 spiro atoms. The zero-order valence-electron chi connectivity index (χ0n) is 8.06. The summed E-state index contributed by atoms with van der Waals surface area (Å²) in [5.41, 5.74) is 0. The summed E-state index contributed by atoms with van der Waals surface area (Å²) in [5.74, 6) is -4.27. The highest BCUT2D eigenvalue weighted by atomic mass is 19.2. The van der Waals surface area contributed by atoms with Crippen molar-refractivity contribution in [3.05, 3.63) is 23.6 Å². The van der Waals surface area contributed by atoms with Gasteiger partial charge in [-0.25, -0.2) is 8.78 Å². The number of nitrogens with one attached hydrogen (secondary N) is 2. The number of hydrogen-bond donors (Lipinski definition) is 2. The maximum Gasteiger partial charge on any atom is 0.251 e. The van der Waals surface area contributed by atoms with Crippen LogP contribution in [0.25, 0.3) is 0 Å². The third-order valence-corrected chi connectivity index (χ3v) is 2.20. The van der Waals surface area contributed by atoms with E-state index >= 15 is 0 Å². The Bertz CT molecular complexity index is 438. The van der Waals surface area contributed by atoms with E-state index in [0.29, 0.717) is 12.6 Å². The molecule has 1 unspecified atom stereocenters. The zero-order chi connectivity index (χ0) is 11.7. The van der Waals surface area contributed by atoms with Crippen LogP contribution in [-0.2, 0) is 4.79 Å². The number of carbonyl (C=O) groups excluding carboxylic acids is 1. The number of carbonyl (C=O) groups is 1. The first-order chi connectivity index (χ1) is 7.56. The van der Waals surface area contributed by atoms with Crippen molar-refractivity contribution in [2.45, 2.75) is 12.5 Å². The van der Waals surface area contributed by atoms with E-state index in [1.165, 1.54) is 0 Å². The molecule has 0 saturated carbocycles. The highest BCUT2D eigenvalue weighted by molar-refractivity contribution is 5.79. The van der Waals surface area contributed by atoms with Gasteiger partial charge in [-0.3, -0.25) is 4.79 Å². The van der Waals surface area contributed by atoms with E-state index in [-0.39, 0.29) is 24.2 Å². The van der Waals surface area contributed by atoms with Crippen molar-refractivity contribution in [2.75, 3.05) is 11.9 Å². The van der Waals surface area contributed by atoms with Gasteiger partial charge in [0.05, 0.1) is 6.04 Å². The average molecular weight is 231 g/mol. The maximum atomic E-state index is 13.1. The van der Waals surface area contributed by atoms with Gasteiger partial charge in [-0.2, -0.15) is 9.37 Å². The lowest BCUT2D eigenvalue weighted by Gasteiger charge is -2.11. The summed E-state index contributed by atoms with van der Waals surface area (Å²) >= 11 is 0. The van der Waals surface area contributed by atoms with Crippen molar-refractivity contribution in [2.24, 2.45) is 0 Å². The smallest absolute Gasteiger partial charge is 0.251 e. The minimum atomic E-state index is -1.37. The zero-order valence-corrected chi connectivity index (χ0v) is 8.06. The Labute approximate surface area is 88.9 Å². The Morgan fingerprint density at radius 2 is 2.12 bits per heavy atom. The van der Waals surface area contributed by atoms with Crippen LogP contribution in [0.1, 0.15) is 6.42 Å². The number of pyridine rings is 1. The van der Waals surface area contributed by atoms with Gasteiger partial charge in [0.1, 0.15) is 0 Å². The Morgan fingerprint density at radius 3 is 2.75 bits per heavy atom. The number of anilines is 1. The molecule has 1 aliphatic rings. The van der Waals surface area contributed by atoms with Gasteiger partial charge in [0.15, 0.2) is 17.5 Å². The van der Waals surface area contributed by atoms with Gasteiger partial charge in [0.2, 0.25) is 5.91 Å². The Morgan fingerprint density at radius 1 is 1.38 bits per heavy atom. The molecule has 2 heterocycles. The molecule has 0 aliphatic carbocycles. The van der Waals surface area contributed by atoms with Crippen LogP contribution >= 0.6 is 0 Å². The maximum absolute atomic E-state index is 13.1. The summed E-state index contributed by atoms with van der Waals surface area (Å²) in [4.78, 5) is 13.9. The monoisotopic (exact) mass is 231 g/mol. The highest BCUT2D eigenvalue weighted by Gasteiger charge is 2.23. The summed E-state index contributed by atoms with van der Waals surface area (Å²) in [6, 6.07) is 0.0499. The molecule has 0 bridgehead atoms. The summed E-state index contributed by atoms with van der Waals surface area (Å²) in [7, 11) is 0. The molecule has 0 aromatic carbocycles. The summed E-state index contributed by atoms with van der Waals surface area (Å²) in [6.45, 7) is 0.305. The first-order valence-corrected chi connectivity index (χ1v) is 4.61. The van der Waals surface area contributed by atoms with E-state index in [4.69, 9.17) is 0 Å². The average Bonchev–Trinajstić information content (AvgIpc) is 2.60. The Kier molecular flexibility index (Phi) is 2.67. The molecule has 0 radical (unpaired) electrons. The van der Waals surface area contributed by atoms with Crippen LogP contribution in [0.5, 0.6) is 0 Å². The van der Waals surface area contributed by atoms with Gasteiger partial charge < -0.3 is 10.6 Å². The van der Waals surface area contributed by atoms with Gasteiger partial charge in [0, 0.05) is 19.0 Å². The summed E-state index contributed by atoms with van der Waals surface area (Å²) < 4.78 is 38.4. The van der Waals surface area contributed by atoms with E-state index in [9.17, 15) is 18.0 Å². The Hall–Kier alpha value is -1.79. The van der Waals surface area contributed by atoms with Crippen molar-refractivity contribution in [1.82, 2.24) is 10.3 Å². The van der Waals surface area contributed by atoms with E-state index in [0.717, 1.165) is 0 Å². The van der Waals surface area contributed by atoms with E-state index in [1.807, 2.05) is 0 Å². The third kappa shape index (κ3) is 2.07. The quantitative estimate of drug-likeness (QED) is 0.740. The standard InChI is InChI=1S/C9H8F3N3O/c10-5-2-6(11)9(15-8(5)12)14-4-1-7(16)13-3-4/h2,4H,1,3H2,(H,13,16)(H,14,15).